The lowest BCUT2D eigenvalue weighted by atomic mass is 10.1. The van der Waals surface area contributed by atoms with E-state index in [0.717, 1.165) is 0 Å². The highest BCUT2D eigenvalue weighted by molar-refractivity contribution is 9.10. The minimum Gasteiger partial charge on any atom is -0.456 e. The zero-order valence-electron chi connectivity index (χ0n) is 10.8. The van der Waals surface area contributed by atoms with Gasteiger partial charge in [0.25, 0.3) is 0 Å². The molecule has 0 aromatic heterocycles. The Kier molecular flexibility index (Phi) is 4.57. The minimum atomic E-state index is -4.48. The molecule has 0 amide bonds. The van der Waals surface area contributed by atoms with Crippen LogP contribution >= 0.6 is 15.9 Å². The molecule has 0 fully saturated rings. The monoisotopic (exact) mass is 371 g/mol. The van der Waals surface area contributed by atoms with Crippen LogP contribution in [0.2, 0.25) is 0 Å². The van der Waals surface area contributed by atoms with Gasteiger partial charge in [0.1, 0.15) is 21.9 Å². The fraction of sp³-hybridized carbons (Fsp3) is 0.364. The minimum absolute atomic E-state index is 0.415. The summed E-state index contributed by atoms with van der Waals surface area (Å²) >= 11 is 2.69. The first-order valence-electron chi connectivity index (χ1n) is 5.28. The normalized spacial score (nSPS) is 12.3. The molecule has 0 bridgehead atoms. The van der Waals surface area contributed by atoms with Crippen molar-refractivity contribution in [2.24, 2.45) is 5.14 Å². The average Bonchev–Trinajstić information content (AvgIpc) is 2.09. The lowest BCUT2D eigenvalue weighted by Gasteiger charge is -2.20. The van der Waals surface area contributed by atoms with Crippen molar-refractivity contribution in [2.75, 3.05) is 0 Å². The molecular weight excluding hydrogens is 360 g/mol. The number of carbonyl (C=O) groups is 1. The molecule has 112 valence electrons. The summed E-state index contributed by atoms with van der Waals surface area (Å²) in [7, 11) is -4.48. The Morgan fingerprint density at radius 1 is 1.35 bits per heavy atom. The molecule has 1 rings (SSSR count). The van der Waals surface area contributed by atoms with Gasteiger partial charge in [-0.05, 0) is 42.8 Å². The first kappa shape index (κ1) is 17.0. The number of sulfonamides is 1. The van der Waals surface area contributed by atoms with Gasteiger partial charge in [0.2, 0.25) is 10.0 Å². The quantitative estimate of drug-likeness (QED) is 0.808. The lowest BCUT2D eigenvalue weighted by Crippen LogP contribution is -2.26. The van der Waals surface area contributed by atoms with Crippen LogP contribution in [0.5, 0.6) is 0 Å². The van der Waals surface area contributed by atoms with Crippen LogP contribution in [0.1, 0.15) is 31.1 Å². The smallest absolute Gasteiger partial charge is 0.344 e. The molecule has 2 N–H and O–H groups in total. The first-order chi connectivity index (χ1) is 8.84. The topological polar surface area (TPSA) is 86.5 Å². The molecule has 1 aromatic carbocycles. The van der Waals surface area contributed by atoms with Crippen molar-refractivity contribution < 1.29 is 26.7 Å². The van der Waals surface area contributed by atoms with Gasteiger partial charge in [-0.15, -0.1) is 0 Å². The number of halogens is 3. The van der Waals surface area contributed by atoms with Gasteiger partial charge in [-0.2, -0.15) is 0 Å². The van der Waals surface area contributed by atoms with E-state index >= 15 is 0 Å². The standard InChI is InChI=1S/C11H12BrF2NO4S/c1-11(2,3)19-10(16)7-6(13)4-5(12)9(8(7)14)20(15,17)18/h4H,1-3H3,(H2,15,17,18). The Bertz CT molecular complexity index is 668. The van der Waals surface area contributed by atoms with Crippen LogP contribution < -0.4 is 5.14 Å². The summed E-state index contributed by atoms with van der Waals surface area (Å²) < 4.78 is 54.8. The van der Waals surface area contributed by atoms with E-state index in [-0.39, 0.29) is 0 Å². The molecule has 0 spiro atoms. The predicted octanol–water partition coefficient (Wildman–Crippen LogP) is 2.33. The van der Waals surface area contributed by atoms with Gasteiger partial charge in [0.05, 0.1) is 0 Å². The van der Waals surface area contributed by atoms with Crippen LogP contribution in [-0.4, -0.2) is 20.0 Å². The highest BCUT2D eigenvalue weighted by Crippen LogP contribution is 2.29. The summed E-state index contributed by atoms with van der Waals surface area (Å²) in [5.41, 5.74) is -2.10. The van der Waals surface area contributed by atoms with Gasteiger partial charge >= 0.3 is 5.97 Å². The van der Waals surface area contributed by atoms with Gasteiger partial charge in [0, 0.05) is 4.47 Å². The van der Waals surface area contributed by atoms with Crippen LogP contribution in [0.15, 0.2) is 15.4 Å². The molecule has 20 heavy (non-hydrogen) atoms. The summed E-state index contributed by atoms with van der Waals surface area (Å²) in [6.07, 6.45) is 0. The van der Waals surface area contributed by atoms with Gasteiger partial charge in [0.15, 0.2) is 5.82 Å². The number of hydrogen-bond donors (Lipinski definition) is 1. The van der Waals surface area contributed by atoms with Crippen molar-refractivity contribution in [3.05, 3.63) is 27.7 Å². The molecule has 0 saturated carbocycles. The highest BCUT2D eigenvalue weighted by atomic mass is 79.9. The second kappa shape index (κ2) is 5.38. The number of benzene rings is 1. The van der Waals surface area contributed by atoms with E-state index in [4.69, 9.17) is 9.88 Å². The molecular formula is C11H12BrF2NO4S. The lowest BCUT2D eigenvalue weighted by molar-refractivity contribution is 0.00588. The molecule has 5 nitrogen and oxygen atoms in total. The number of hydrogen-bond acceptors (Lipinski definition) is 4. The third kappa shape index (κ3) is 3.74. The first-order valence-corrected chi connectivity index (χ1v) is 7.62. The van der Waals surface area contributed by atoms with Crippen LogP contribution in [0.25, 0.3) is 0 Å². The van der Waals surface area contributed by atoms with Crippen LogP contribution in [0.3, 0.4) is 0 Å². The zero-order valence-corrected chi connectivity index (χ0v) is 13.2. The molecule has 0 aliphatic rings. The number of nitrogens with two attached hydrogens (primary N) is 1. The van der Waals surface area contributed by atoms with Crippen molar-refractivity contribution in [3.8, 4) is 0 Å². The third-order valence-electron chi connectivity index (χ3n) is 2.02. The van der Waals surface area contributed by atoms with Crippen molar-refractivity contribution in [2.45, 2.75) is 31.3 Å². The Balaban J connectivity index is 3.54. The Morgan fingerprint density at radius 2 is 1.85 bits per heavy atom. The summed E-state index contributed by atoms with van der Waals surface area (Å²) in [4.78, 5) is 10.7. The number of ether oxygens (including phenoxy) is 1. The van der Waals surface area contributed by atoms with Crippen LogP contribution in [0.4, 0.5) is 8.78 Å². The summed E-state index contributed by atoms with van der Waals surface area (Å²) in [5, 5.41) is 4.83. The van der Waals surface area contributed by atoms with Gasteiger partial charge in [-0.3, -0.25) is 0 Å². The second-order valence-corrected chi connectivity index (χ2v) is 7.26. The highest BCUT2D eigenvalue weighted by Gasteiger charge is 2.31. The van der Waals surface area contributed by atoms with Gasteiger partial charge in [-0.25, -0.2) is 27.1 Å². The zero-order chi connectivity index (χ0) is 15.9. The van der Waals surface area contributed by atoms with Crippen molar-refractivity contribution in [1.29, 1.82) is 0 Å². The number of rotatable bonds is 2. The summed E-state index contributed by atoms with van der Waals surface area (Å²) in [6, 6.07) is 0.641. The molecule has 0 unspecified atom stereocenters. The van der Waals surface area contributed by atoms with Crippen molar-refractivity contribution >= 4 is 31.9 Å². The molecule has 0 heterocycles. The molecule has 1 aromatic rings. The van der Waals surface area contributed by atoms with Crippen molar-refractivity contribution in [1.82, 2.24) is 0 Å². The molecule has 0 aliphatic carbocycles. The average molecular weight is 372 g/mol. The molecule has 0 aliphatic heterocycles. The van der Waals surface area contributed by atoms with E-state index < -0.39 is 48.2 Å². The van der Waals surface area contributed by atoms with Crippen molar-refractivity contribution in [3.63, 3.8) is 0 Å². The maximum absolute atomic E-state index is 14.1. The van der Waals surface area contributed by atoms with E-state index in [9.17, 15) is 22.0 Å². The Hall–Kier alpha value is -1.06. The van der Waals surface area contributed by atoms with Crippen LogP contribution in [0, 0.1) is 11.6 Å². The van der Waals surface area contributed by atoms with E-state index in [1.54, 1.807) is 0 Å². The SMILES string of the molecule is CC(C)(C)OC(=O)c1c(F)cc(Br)c(S(N)(=O)=O)c1F. The number of carbonyl (C=O) groups excluding carboxylic acids is 1. The van der Waals surface area contributed by atoms with E-state index in [1.165, 1.54) is 20.8 Å². The van der Waals surface area contributed by atoms with E-state index in [2.05, 4.69) is 15.9 Å². The number of primary sulfonamides is 1. The predicted molar refractivity (Wildman–Crippen MR) is 70.6 cm³/mol. The fourth-order valence-electron chi connectivity index (χ4n) is 1.35. The molecule has 0 atom stereocenters. The van der Waals surface area contributed by atoms with Gasteiger partial charge in [-0.1, -0.05) is 0 Å². The number of esters is 1. The third-order valence-corrected chi connectivity index (χ3v) is 3.87. The van der Waals surface area contributed by atoms with Crippen LogP contribution in [-0.2, 0) is 14.8 Å². The Labute approximate surface area is 123 Å². The maximum atomic E-state index is 14.1. The van der Waals surface area contributed by atoms with E-state index in [0.29, 0.717) is 6.07 Å². The second-order valence-electron chi connectivity index (χ2n) is 4.91. The van der Waals surface area contributed by atoms with Gasteiger partial charge < -0.3 is 4.74 Å². The fourth-order valence-corrected chi connectivity index (χ4v) is 3.08. The molecule has 0 radical (unpaired) electrons. The summed E-state index contributed by atoms with van der Waals surface area (Å²) in [6.45, 7) is 4.50. The molecule has 9 heteroatoms. The maximum Gasteiger partial charge on any atom is 0.344 e. The largest absolute Gasteiger partial charge is 0.456 e. The Morgan fingerprint density at radius 3 is 2.25 bits per heavy atom. The molecule has 0 saturated heterocycles. The summed E-state index contributed by atoms with van der Waals surface area (Å²) in [5.74, 6) is -4.16. The van der Waals surface area contributed by atoms with E-state index in [1.807, 2.05) is 0 Å².